The third-order valence-electron chi connectivity index (χ3n) is 6.09. The Morgan fingerprint density at radius 1 is 1.03 bits per heavy atom. The summed E-state index contributed by atoms with van der Waals surface area (Å²) in [6.07, 6.45) is 7.60. The largest absolute Gasteiger partial charge is 0.372 e. The number of fused-ring (bicyclic) bond motifs is 1. The molecule has 0 atom stereocenters. The molecule has 0 aliphatic heterocycles. The Morgan fingerprint density at radius 2 is 1.75 bits per heavy atom. The molecule has 1 heterocycles. The molecule has 0 unspecified atom stereocenters. The maximum absolute atomic E-state index is 12.4. The summed E-state index contributed by atoms with van der Waals surface area (Å²) >= 11 is 8.97. The van der Waals surface area contributed by atoms with Gasteiger partial charge in [-0.05, 0) is 55.2 Å². The van der Waals surface area contributed by atoms with E-state index in [-0.39, 0.29) is 16.8 Å². The van der Waals surface area contributed by atoms with Gasteiger partial charge >= 0.3 is 0 Å². The van der Waals surface area contributed by atoms with E-state index in [1.807, 2.05) is 42.5 Å². The molecule has 1 aliphatic rings. The Hall–Kier alpha value is -3.16. The van der Waals surface area contributed by atoms with Crippen molar-refractivity contribution in [1.29, 1.82) is 0 Å². The number of halogens is 2. The van der Waals surface area contributed by atoms with Crippen LogP contribution in [-0.4, -0.2) is 21.2 Å². The van der Waals surface area contributed by atoms with E-state index in [4.69, 9.17) is 16.4 Å². The number of carbonyl (C=O) groups is 1. The lowest BCUT2D eigenvalue weighted by molar-refractivity contribution is -0.120. The summed E-state index contributed by atoms with van der Waals surface area (Å²) in [5, 5.41) is 2.74. The summed E-state index contributed by atoms with van der Waals surface area (Å²) in [4.78, 5) is 36.0. The number of hydrogen-bond donors (Lipinski definition) is 1. The van der Waals surface area contributed by atoms with Crippen molar-refractivity contribution in [3.8, 4) is 5.75 Å². The van der Waals surface area contributed by atoms with Crippen molar-refractivity contribution in [1.82, 2.24) is 9.97 Å². The number of amides is 1. The van der Waals surface area contributed by atoms with Crippen LogP contribution in [0, 0.1) is 0 Å². The molecule has 0 bridgehead atoms. The van der Waals surface area contributed by atoms with E-state index in [2.05, 4.69) is 38.0 Å². The third-order valence-corrected chi connectivity index (χ3v) is 6.80. The molecule has 0 saturated heterocycles. The predicted octanol–water partition coefficient (Wildman–Crippen LogP) is 7.03. The van der Waals surface area contributed by atoms with Crippen LogP contribution in [0.5, 0.6) is 5.75 Å². The minimum atomic E-state index is -0.142. The van der Waals surface area contributed by atoms with Gasteiger partial charge in [-0.1, -0.05) is 83.2 Å². The molecule has 5 rings (SSSR count). The minimum absolute atomic E-state index is 0.125. The number of hydrogen-bond acceptors (Lipinski definition) is 4. The Balaban J connectivity index is 0.000000211. The van der Waals surface area contributed by atoms with Crippen LogP contribution in [0.2, 0.25) is 5.02 Å². The molecule has 3 aromatic carbocycles. The Labute approximate surface area is 223 Å². The second-order valence-electron chi connectivity index (χ2n) is 8.51. The monoisotopic (exact) mass is 567 g/mol. The number of para-hydroxylation sites is 2. The number of rotatable bonds is 5. The van der Waals surface area contributed by atoms with E-state index >= 15 is 0 Å². The summed E-state index contributed by atoms with van der Waals surface area (Å²) in [5.41, 5.74) is 2.42. The topological polar surface area (TPSA) is 75.3 Å². The van der Waals surface area contributed by atoms with Gasteiger partial charge in [0.25, 0.3) is 11.5 Å². The molecule has 1 N–H and O–H groups in total. The van der Waals surface area contributed by atoms with E-state index in [1.54, 1.807) is 18.2 Å². The first-order valence-corrected chi connectivity index (χ1v) is 13.4. The van der Waals surface area contributed by atoms with Crippen molar-refractivity contribution in [2.45, 2.75) is 38.0 Å². The molecule has 1 fully saturated rings. The van der Waals surface area contributed by atoms with Gasteiger partial charge in [0.2, 0.25) is 0 Å². The smallest absolute Gasteiger partial charge is 0.270 e. The molecular weight excluding hydrogens is 542 g/mol. The fourth-order valence-corrected chi connectivity index (χ4v) is 4.71. The first-order chi connectivity index (χ1) is 17.6. The standard InChI is InChI=1S/C20H22BrNO2.C8H5ClN2O/c21-15-20(23)22(17-11-5-2-6-12-17)24-19-14-8-7-13-18(19)16-9-3-1-4-10-16;9-5-1-2-6-7(3-5)10-4-11-8(6)12/h2,5-8,11-14,16H,1,3-4,9-10,15H2;1-4H,(H,10,11,12). The number of anilines is 1. The van der Waals surface area contributed by atoms with Crippen LogP contribution in [-0.2, 0) is 4.79 Å². The van der Waals surface area contributed by atoms with Gasteiger partial charge in [0.15, 0.2) is 5.75 Å². The Kier molecular flexibility index (Phi) is 9.14. The molecule has 1 aliphatic carbocycles. The molecular formula is C28H27BrClN3O3. The fourth-order valence-electron chi connectivity index (χ4n) is 4.32. The lowest BCUT2D eigenvalue weighted by atomic mass is 9.84. The van der Waals surface area contributed by atoms with Crippen molar-refractivity contribution in [3.05, 3.63) is 100 Å². The SMILES string of the molecule is O=C(CBr)N(Oc1ccccc1C1CCCCC1)c1ccccc1.O=c1[nH]cnc2cc(Cl)ccc12. The highest BCUT2D eigenvalue weighted by atomic mass is 79.9. The average Bonchev–Trinajstić information content (AvgIpc) is 2.93. The number of benzene rings is 3. The van der Waals surface area contributed by atoms with Gasteiger partial charge in [0.05, 0.1) is 28.2 Å². The normalized spacial score (nSPS) is 13.5. The minimum Gasteiger partial charge on any atom is -0.372 e. The van der Waals surface area contributed by atoms with Crippen LogP contribution in [0.15, 0.2) is 83.9 Å². The second-order valence-corrected chi connectivity index (χ2v) is 9.51. The summed E-state index contributed by atoms with van der Waals surface area (Å²) in [6, 6.07) is 22.6. The average molecular weight is 569 g/mol. The van der Waals surface area contributed by atoms with E-state index in [0.717, 1.165) is 11.4 Å². The zero-order valence-corrected chi connectivity index (χ0v) is 22.0. The van der Waals surface area contributed by atoms with Crippen molar-refractivity contribution in [2.75, 3.05) is 10.4 Å². The maximum Gasteiger partial charge on any atom is 0.270 e. The van der Waals surface area contributed by atoms with Crippen LogP contribution >= 0.6 is 27.5 Å². The molecule has 8 heteroatoms. The number of aromatic amines is 1. The highest BCUT2D eigenvalue weighted by Crippen LogP contribution is 2.38. The maximum atomic E-state index is 12.4. The summed E-state index contributed by atoms with van der Waals surface area (Å²) in [5.74, 6) is 1.17. The number of carbonyl (C=O) groups excluding carboxylic acids is 1. The molecule has 186 valence electrons. The van der Waals surface area contributed by atoms with Gasteiger partial charge in [-0.15, -0.1) is 5.06 Å². The van der Waals surface area contributed by atoms with Gasteiger partial charge in [0, 0.05) is 10.6 Å². The third kappa shape index (κ3) is 6.53. The molecule has 0 spiro atoms. The fraction of sp³-hybridized carbons (Fsp3) is 0.250. The van der Waals surface area contributed by atoms with Crippen LogP contribution in [0.3, 0.4) is 0 Å². The van der Waals surface area contributed by atoms with Crippen LogP contribution in [0.25, 0.3) is 10.9 Å². The van der Waals surface area contributed by atoms with Crippen molar-refractivity contribution in [2.24, 2.45) is 0 Å². The van der Waals surface area contributed by atoms with E-state index in [9.17, 15) is 9.59 Å². The number of H-pyrrole nitrogens is 1. The Bertz CT molecular complexity index is 1360. The summed E-state index contributed by atoms with van der Waals surface area (Å²) < 4.78 is 0. The number of alkyl halides is 1. The van der Waals surface area contributed by atoms with Gasteiger partial charge < -0.3 is 9.82 Å². The summed E-state index contributed by atoms with van der Waals surface area (Å²) in [7, 11) is 0. The second kappa shape index (κ2) is 12.7. The van der Waals surface area contributed by atoms with E-state index < -0.39 is 0 Å². The van der Waals surface area contributed by atoms with Crippen molar-refractivity contribution in [3.63, 3.8) is 0 Å². The zero-order valence-electron chi connectivity index (χ0n) is 19.7. The molecule has 1 aromatic heterocycles. The van der Waals surface area contributed by atoms with Gasteiger partial charge in [-0.25, -0.2) is 4.98 Å². The van der Waals surface area contributed by atoms with Crippen LogP contribution < -0.4 is 15.5 Å². The number of hydroxylamine groups is 1. The lowest BCUT2D eigenvalue weighted by Gasteiger charge is -2.27. The number of nitrogens with zero attached hydrogens (tertiary/aromatic N) is 2. The molecule has 36 heavy (non-hydrogen) atoms. The zero-order chi connectivity index (χ0) is 25.3. The number of nitrogens with one attached hydrogen (secondary N) is 1. The molecule has 1 amide bonds. The predicted molar refractivity (Wildman–Crippen MR) is 148 cm³/mol. The highest BCUT2D eigenvalue weighted by Gasteiger charge is 2.23. The van der Waals surface area contributed by atoms with E-state index in [0.29, 0.717) is 21.8 Å². The first-order valence-electron chi connectivity index (χ1n) is 11.9. The molecule has 0 radical (unpaired) electrons. The Morgan fingerprint density at radius 3 is 2.50 bits per heavy atom. The van der Waals surface area contributed by atoms with Crippen LogP contribution in [0.1, 0.15) is 43.6 Å². The summed E-state index contributed by atoms with van der Waals surface area (Å²) in [6.45, 7) is 0. The lowest BCUT2D eigenvalue weighted by Crippen LogP contribution is -2.35. The van der Waals surface area contributed by atoms with Crippen molar-refractivity contribution >= 4 is 50.0 Å². The molecule has 4 aromatic rings. The highest BCUT2D eigenvalue weighted by molar-refractivity contribution is 9.09. The van der Waals surface area contributed by atoms with Crippen LogP contribution in [0.4, 0.5) is 5.69 Å². The van der Waals surface area contributed by atoms with Crippen molar-refractivity contribution < 1.29 is 9.63 Å². The molecule has 1 saturated carbocycles. The van der Waals surface area contributed by atoms with E-state index in [1.165, 1.54) is 49.1 Å². The molecule has 6 nitrogen and oxygen atoms in total. The number of aromatic nitrogens is 2. The van der Waals surface area contributed by atoms with Gasteiger partial charge in [0.1, 0.15) is 0 Å². The van der Waals surface area contributed by atoms with Gasteiger partial charge in [-0.3, -0.25) is 9.59 Å². The quantitative estimate of drug-likeness (QED) is 0.207. The van der Waals surface area contributed by atoms with Gasteiger partial charge in [-0.2, -0.15) is 0 Å². The first kappa shape index (κ1) is 25.9.